The molecule has 0 unspecified atom stereocenters. The van der Waals surface area contributed by atoms with Gasteiger partial charge in [-0.3, -0.25) is 4.79 Å². The second-order valence-electron chi connectivity index (χ2n) is 5.51. The molecular weight excluding hydrogens is 254 g/mol. The maximum Gasteiger partial charge on any atom is 0.308 e. The SMILES string of the molecule is CC(C)(C)OC(=O)CCOCCc1ccc(C#N)cc1. The number of nitrogens with zero attached hydrogens (tertiary/aromatic N) is 1. The van der Waals surface area contributed by atoms with Crippen LogP contribution in [-0.2, 0) is 20.7 Å². The summed E-state index contributed by atoms with van der Waals surface area (Å²) in [6.45, 7) is 6.45. The van der Waals surface area contributed by atoms with Crippen molar-refractivity contribution in [3.63, 3.8) is 0 Å². The second-order valence-corrected chi connectivity index (χ2v) is 5.51. The summed E-state index contributed by atoms with van der Waals surface area (Å²) in [7, 11) is 0. The third-order valence-electron chi connectivity index (χ3n) is 2.49. The Bertz CT molecular complexity index is 466. The van der Waals surface area contributed by atoms with Gasteiger partial charge in [0.2, 0.25) is 0 Å². The largest absolute Gasteiger partial charge is 0.460 e. The smallest absolute Gasteiger partial charge is 0.308 e. The molecule has 0 spiro atoms. The maximum absolute atomic E-state index is 11.4. The van der Waals surface area contributed by atoms with Crippen LogP contribution in [0.3, 0.4) is 0 Å². The Labute approximate surface area is 120 Å². The molecule has 0 N–H and O–H groups in total. The number of hydrogen-bond acceptors (Lipinski definition) is 4. The molecule has 0 aliphatic rings. The van der Waals surface area contributed by atoms with Crippen molar-refractivity contribution in [3.05, 3.63) is 35.4 Å². The highest BCUT2D eigenvalue weighted by atomic mass is 16.6. The van der Waals surface area contributed by atoms with Crippen LogP contribution in [0.1, 0.15) is 38.3 Å². The predicted octanol–water partition coefficient (Wildman–Crippen LogP) is 2.85. The van der Waals surface area contributed by atoms with E-state index in [1.807, 2.05) is 32.9 Å². The third-order valence-corrected chi connectivity index (χ3v) is 2.49. The van der Waals surface area contributed by atoms with Crippen molar-refractivity contribution >= 4 is 5.97 Å². The van der Waals surface area contributed by atoms with Crippen LogP contribution in [-0.4, -0.2) is 24.8 Å². The van der Waals surface area contributed by atoms with Crippen molar-refractivity contribution in [2.75, 3.05) is 13.2 Å². The zero-order valence-electron chi connectivity index (χ0n) is 12.3. The van der Waals surface area contributed by atoms with Crippen LogP contribution in [0.5, 0.6) is 0 Å². The third kappa shape index (κ3) is 6.91. The van der Waals surface area contributed by atoms with Crippen LogP contribution in [0.15, 0.2) is 24.3 Å². The van der Waals surface area contributed by atoms with Crippen molar-refractivity contribution in [2.24, 2.45) is 0 Å². The molecule has 0 radical (unpaired) electrons. The maximum atomic E-state index is 11.4. The molecule has 0 fully saturated rings. The van der Waals surface area contributed by atoms with Gasteiger partial charge in [0, 0.05) is 0 Å². The van der Waals surface area contributed by atoms with Gasteiger partial charge in [-0.15, -0.1) is 0 Å². The Morgan fingerprint density at radius 2 is 1.85 bits per heavy atom. The highest BCUT2D eigenvalue weighted by molar-refractivity contribution is 5.69. The minimum absolute atomic E-state index is 0.240. The monoisotopic (exact) mass is 275 g/mol. The van der Waals surface area contributed by atoms with E-state index in [1.54, 1.807) is 12.1 Å². The molecule has 1 aromatic rings. The van der Waals surface area contributed by atoms with Crippen LogP contribution >= 0.6 is 0 Å². The lowest BCUT2D eigenvalue weighted by Gasteiger charge is -2.19. The van der Waals surface area contributed by atoms with Crippen LogP contribution < -0.4 is 0 Å². The van der Waals surface area contributed by atoms with Crippen LogP contribution in [0.4, 0.5) is 0 Å². The lowest BCUT2D eigenvalue weighted by Crippen LogP contribution is -2.24. The fourth-order valence-corrected chi connectivity index (χ4v) is 1.59. The van der Waals surface area contributed by atoms with Crippen LogP contribution in [0, 0.1) is 11.3 Å². The molecule has 1 rings (SSSR count). The van der Waals surface area contributed by atoms with Crippen molar-refractivity contribution in [3.8, 4) is 6.07 Å². The van der Waals surface area contributed by atoms with E-state index in [-0.39, 0.29) is 12.4 Å². The van der Waals surface area contributed by atoms with E-state index in [0.29, 0.717) is 18.8 Å². The van der Waals surface area contributed by atoms with E-state index in [9.17, 15) is 4.79 Å². The van der Waals surface area contributed by atoms with Crippen molar-refractivity contribution in [1.82, 2.24) is 0 Å². The summed E-state index contributed by atoms with van der Waals surface area (Å²) in [6.07, 6.45) is 1.03. The number of carbonyl (C=O) groups is 1. The first-order chi connectivity index (χ1) is 9.40. The molecule has 0 aliphatic carbocycles. The highest BCUT2D eigenvalue weighted by Crippen LogP contribution is 2.08. The molecule has 0 bridgehead atoms. The zero-order valence-corrected chi connectivity index (χ0v) is 12.3. The number of ether oxygens (including phenoxy) is 2. The Balaban J connectivity index is 2.16. The van der Waals surface area contributed by atoms with E-state index >= 15 is 0 Å². The normalized spacial score (nSPS) is 10.9. The molecule has 0 saturated heterocycles. The van der Waals surface area contributed by atoms with E-state index in [1.165, 1.54) is 0 Å². The highest BCUT2D eigenvalue weighted by Gasteiger charge is 2.15. The molecule has 4 heteroatoms. The number of carbonyl (C=O) groups excluding carboxylic acids is 1. The molecule has 0 aromatic heterocycles. The number of nitriles is 1. The average Bonchev–Trinajstić information content (AvgIpc) is 2.37. The molecule has 0 atom stereocenters. The molecule has 0 saturated carbocycles. The molecule has 20 heavy (non-hydrogen) atoms. The molecule has 0 amide bonds. The van der Waals surface area contributed by atoms with Gasteiger partial charge in [0.05, 0.1) is 31.3 Å². The summed E-state index contributed by atoms with van der Waals surface area (Å²) in [6, 6.07) is 9.48. The van der Waals surface area contributed by atoms with Gasteiger partial charge in [0.15, 0.2) is 0 Å². The predicted molar refractivity (Wildman–Crippen MR) is 76.1 cm³/mol. The molecule has 0 heterocycles. The first-order valence-corrected chi connectivity index (χ1v) is 6.69. The number of benzene rings is 1. The first kappa shape index (κ1) is 16.2. The molecule has 0 aliphatic heterocycles. The quantitative estimate of drug-likeness (QED) is 0.591. The van der Waals surface area contributed by atoms with Gasteiger partial charge in [0.1, 0.15) is 5.60 Å². The second kappa shape index (κ2) is 7.66. The van der Waals surface area contributed by atoms with Gasteiger partial charge in [-0.1, -0.05) is 12.1 Å². The van der Waals surface area contributed by atoms with Crippen LogP contribution in [0.25, 0.3) is 0 Å². The standard InChI is InChI=1S/C16H21NO3/c1-16(2,3)20-15(18)9-11-19-10-8-13-4-6-14(12-17)7-5-13/h4-7H,8-11H2,1-3H3. The van der Waals surface area contributed by atoms with Gasteiger partial charge in [0.25, 0.3) is 0 Å². The average molecular weight is 275 g/mol. The fraction of sp³-hybridized carbons (Fsp3) is 0.500. The van der Waals surface area contributed by atoms with E-state index in [2.05, 4.69) is 6.07 Å². The molecule has 4 nitrogen and oxygen atoms in total. The summed E-state index contributed by atoms with van der Waals surface area (Å²) in [4.78, 5) is 11.4. The Kier molecular flexibility index (Phi) is 6.20. The van der Waals surface area contributed by atoms with Crippen molar-refractivity contribution in [2.45, 2.75) is 39.2 Å². The van der Waals surface area contributed by atoms with Gasteiger partial charge >= 0.3 is 5.97 Å². The summed E-state index contributed by atoms with van der Waals surface area (Å²) >= 11 is 0. The number of rotatable bonds is 6. The van der Waals surface area contributed by atoms with Gasteiger partial charge < -0.3 is 9.47 Å². The van der Waals surface area contributed by atoms with Crippen molar-refractivity contribution < 1.29 is 14.3 Å². The lowest BCUT2D eigenvalue weighted by molar-refractivity contribution is -0.156. The number of hydrogen-bond donors (Lipinski definition) is 0. The number of esters is 1. The summed E-state index contributed by atoms with van der Waals surface area (Å²) in [5.41, 5.74) is 1.32. The topological polar surface area (TPSA) is 59.3 Å². The summed E-state index contributed by atoms with van der Waals surface area (Å²) in [5, 5.41) is 8.69. The zero-order chi connectivity index (χ0) is 15.0. The van der Waals surface area contributed by atoms with Crippen LogP contribution in [0.2, 0.25) is 0 Å². The summed E-state index contributed by atoms with van der Waals surface area (Å²) in [5.74, 6) is -0.240. The lowest BCUT2D eigenvalue weighted by atomic mass is 10.1. The first-order valence-electron chi connectivity index (χ1n) is 6.69. The van der Waals surface area contributed by atoms with E-state index < -0.39 is 5.60 Å². The summed E-state index contributed by atoms with van der Waals surface area (Å²) < 4.78 is 10.6. The van der Waals surface area contributed by atoms with Gasteiger partial charge in [-0.05, 0) is 44.9 Å². The van der Waals surface area contributed by atoms with E-state index in [4.69, 9.17) is 14.7 Å². The van der Waals surface area contributed by atoms with Gasteiger partial charge in [-0.2, -0.15) is 5.26 Å². The van der Waals surface area contributed by atoms with Gasteiger partial charge in [-0.25, -0.2) is 0 Å². The Hall–Kier alpha value is -1.86. The fourth-order valence-electron chi connectivity index (χ4n) is 1.59. The van der Waals surface area contributed by atoms with Crippen molar-refractivity contribution in [1.29, 1.82) is 5.26 Å². The molecule has 1 aromatic carbocycles. The molecule has 108 valence electrons. The Morgan fingerprint density at radius 1 is 1.20 bits per heavy atom. The minimum Gasteiger partial charge on any atom is -0.460 e. The van der Waals surface area contributed by atoms with E-state index in [0.717, 1.165) is 12.0 Å². The minimum atomic E-state index is -0.445. The molecular formula is C16H21NO3. The Morgan fingerprint density at radius 3 is 2.40 bits per heavy atom.